The van der Waals surface area contributed by atoms with Gasteiger partial charge in [0.2, 0.25) is 12.7 Å². The minimum atomic E-state index is -0.663. The number of carbonyl (C=O) groups excluding carboxylic acids is 1. The highest BCUT2D eigenvalue weighted by molar-refractivity contribution is 5.92. The van der Waals surface area contributed by atoms with Gasteiger partial charge >= 0.3 is 0 Å². The number of nitrogens with two attached hydrogens (primary N) is 1. The molecule has 1 saturated carbocycles. The largest absolute Gasteiger partial charge is 0.454 e. The van der Waals surface area contributed by atoms with E-state index in [2.05, 4.69) is 11.8 Å². The predicted octanol–water partition coefficient (Wildman–Crippen LogP) is 0.727. The molecule has 0 saturated heterocycles. The molecule has 1 aromatic carbocycles. The van der Waals surface area contributed by atoms with E-state index in [1.165, 1.54) is 4.90 Å². The first kappa shape index (κ1) is 15.3. The molecular weight excluding hydrogens is 292 g/mol. The molecule has 1 fully saturated rings. The van der Waals surface area contributed by atoms with Gasteiger partial charge in [-0.1, -0.05) is 17.9 Å². The Morgan fingerprint density at radius 3 is 2.61 bits per heavy atom. The lowest BCUT2D eigenvalue weighted by Gasteiger charge is -2.25. The molecule has 118 valence electrons. The zero-order valence-corrected chi connectivity index (χ0v) is 12.7. The fraction of sp³-hybridized carbons (Fsp3) is 0.389. The Kier molecular flexibility index (Phi) is 3.90. The van der Waals surface area contributed by atoms with E-state index in [4.69, 9.17) is 28.1 Å². The number of hydrogen-bond donors (Lipinski definition) is 1. The molecule has 0 unspecified atom stereocenters. The third-order valence-corrected chi connectivity index (χ3v) is 4.51. The number of rotatable bonds is 5. The molecule has 0 bridgehead atoms. The quantitative estimate of drug-likeness (QED) is 0.814. The molecular formula is C18H18N2O3. The molecule has 1 aliphatic carbocycles. The summed E-state index contributed by atoms with van der Waals surface area (Å²) < 4.78 is 10.8. The van der Waals surface area contributed by atoms with Crippen molar-refractivity contribution in [2.24, 2.45) is 11.7 Å². The summed E-state index contributed by atoms with van der Waals surface area (Å²) in [5.41, 5.74) is 6.05. The Morgan fingerprint density at radius 2 is 2.00 bits per heavy atom. The zero-order chi connectivity index (χ0) is 16.4. The zero-order valence-electron chi connectivity index (χ0n) is 12.7. The Morgan fingerprint density at radius 1 is 1.30 bits per heavy atom. The minimum Gasteiger partial charge on any atom is -0.454 e. The number of ether oxygens (including phenoxy) is 2. The van der Waals surface area contributed by atoms with Gasteiger partial charge in [0.05, 0.1) is 18.5 Å². The fourth-order valence-corrected chi connectivity index (χ4v) is 3.23. The van der Waals surface area contributed by atoms with Gasteiger partial charge < -0.3 is 20.1 Å². The van der Waals surface area contributed by atoms with Crippen molar-refractivity contribution in [2.45, 2.75) is 11.8 Å². The van der Waals surface area contributed by atoms with Gasteiger partial charge in [-0.2, -0.15) is 0 Å². The summed E-state index contributed by atoms with van der Waals surface area (Å²) in [5.74, 6) is 6.33. The van der Waals surface area contributed by atoms with E-state index in [1.54, 1.807) is 0 Å². The fourth-order valence-electron chi connectivity index (χ4n) is 3.23. The van der Waals surface area contributed by atoms with Crippen molar-refractivity contribution in [1.29, 1.82) is 0 Å². The Balaban J connectivity index is 1.96. The highest BCUT2D eigenvalue weighted by Gasteiger charge is 2.61. The Hall–Kier alpha value is -2.63. The Labute approximate surface area is 135 Å². The summed E-state index contributed by atoms with van der Waals surface area (Å²) in [5, 5.41) is 0. The van der Waals surface area contributed by atoms with E-state index >= 15 is 0 Å². The number of benzene rings is 1. The highest BCUT2D eigenvalue weighted by atomic mass is 16.7. The van der Waals surface area contributed by atoms with Crippen molar-refractivity contribution < 1.29 is 14.3 Å². The maximum atomic E-state index is 13.1. The van der Waals surface area contributed by atoms with E-state index in [-0.39, 0.29) is 31.7 Å². The molecule has 3 rings (SSSR count). The van der Waals surface area contributed by atoms with Crippen LogP contribution in [0.3, 0.4) is 0 Å². The van der Waals surface area contributed by atoms with Crippen LogP contribution >= 0.6 is 0 Å². The number of fused-ring (bicyclic) bond motifs is 1. The summed E-state index contributed by atoms with van der Waals surface area (Å²) in [6, 6.07) is 5.58. The topological polar surface area (TPSA) is 64.8 Å². The number of carbonyl (C=O) groups is 1. The SMILES string of the molecule is C#CCN(CC#C)C(=O)[C@@]1(c2ccc3c(c2)OCO3)C[C@H]1CN. The summed E-state index contributed by atoms with van der Waals surface area (Å²) in [7, 11) is 0. The second-order valence-corrected chi connectivity index (χ2v) is 5.75. The first-order valence-electron chi connectivity index (χ1n) is 7.44. The Bertz CT molecular complexity index is 700. The van der Waals surface area contributed by atoms with Gasteiger partial charge in [0.1, 0.15) is 0 Å². The third-order valence-electron chi connectivity index (χ3n) is 4.51. The van der Waals surface area contributed by atoms with Crippen LogP contribution in [0.15, 0.2) is 18.2 Å². The molecule has 1 aromatic rings. The lowest BCUT2D eigenvalue weighted by Crippen LogP contribution is -2.41. The van der Waals surface area contributed by atoms with Crippen molar-refractivity contribution in [2.75, 3.05) is 26.4 Å². The van der Waals surface area contributed by atoms with Crippen LogP contribution in [0.1, 0.15) is 12.0 Å². The summed E-state index contributed by atoms with van der Waals surface area (Å²) in [6.45, 7) is 1.000. The number of hydrogen-bond acceptors (Lipinski definition) is 4. The number of terminal acetylenes is 2. The van der Waals surface area contributed by atoms with Crippen LogP contribution in [0.2, 0.25) is 0 Å². The van der Waals surface area contributed by atoms with Crippen LogP contribution in [0, 0.1) is 30.6 Å². The van der Waals surface area contributed by atoms with Crippen molar-refractivity contribution in [3.8, 4) is 36.2 Å². The number of amides is 1. The van der Waals surface area contributed by atoms with Crippen LogP contribution in [0.4, 0.5) is 0 Å². The van der Waals surface area contributed by atoms with Crippen LogP contribution in [0.5, 0.6) is 11.5 Å². The highest BCUT2D eigenvalue weighted by Crippen LogP contribution is 2.56. The van der Waals surface area contributed by atoms with Gasteiger partial charge in [0, 0.05) is 0 Å². The lowest BCUT2D eigenvalue weighted by atomic mass is 9.91. The standard InChI is InChI=1S/C18H18N2O3/c1-3-7-20(8-4-2)17(21)18(10-14(18)11-19)13-5-6-15-16(9-13)23-12-22-15/h1-2,5-6,9,14H,7-8,10-12,19H2/t14-,18+/m0/s1. The van der Waals surface area contributed by atoms with Crippen molar-refractivity contribution in [1.82, 2.24) is 4.90 Å². The molecule has 5 nitrogen and oxygen atoms in total. The van der Waals surface area contributed by atoms with Crippen LogP contribution < -0.4 is 15.2 Å². The molecule has 0 spiro atoms. The average molecular weight is 310 g/mol. The van der Waals surface area contributed by atoms with Gasteiger partial charge in [-0.3, -0.25) is 4.79 Å². The summed E-state index contributed by atoms with van der Waals surface area (Å²) in [6.07, 6.45) is 11.4. The molecule has 1 heterocycles. The van der Waals surface area contributed by atoms with Crippen LogP contribution in [-0.2, 0) is 10.2 Å². The van der Waals surface area contributed by atoms with Crippen LogP contribution in [0.25, 0.3) is 0 Å². The summed E-state index contributed by atoms with van der Waals surface area (Å²) >= 11 is 0. The smallest absolute Gasteiger partial charge is 0.235 e. The monoisotopic (exact) mass is 310 g/mol. The van der Waals surface area contributed by atoms with E-state index in [1.807, 2.05) is 18.2 Å². The van der Waals surface area contributed by atoms with Gasteiger partial charge in [-0.15, -0.1) is 12.8 Å². The van der Waals surface area contributed by atoms with Gasteiger partial charge in [0.15, 0.2) is 11.5 Å². The molecule has 5 heteroatoms. The molecule has 23 heavy (non-hydrogen) atoms. The molecule has 2 N–H and O–H groups in total. The normalized spacial score (nSPS) is 23.7. The molecule has 1 aliphatic heterocycles. The molecule has 0 radical (unpaired) electrons. The minimum absolute atomic E-state index is 0.0669. The van der Waals surface area contributed by atoms with E-state index in [0.29, 0.717) is 24.5 Å². The second kappa shape index (κ2) is 5.87. The molecule has 2 aliphatic rings. The summed E-state index contributed by atoms with van der Waals surface area (Å²) in [4.78, 5) is 14.6. The van der Waals surface area contributed by atoms with Gasteiger partial charge in [-0.25, -0.2) is 0 Å². The van der Waals surface area contributed by atoms with E-state index < -0.39 is 5.41 Å². The van der Waals surface area contributed by atoms with Gasteiger partial charge in [-0.05, 0) is 36.6 Å². The molecule has 1 amide bonds. The first-order chi connectivity index (χ1) is 11.2. The molecule has 2 atom stereocenters. The maximum Gasteiger partial charge on any atom is 0.235 e. The van der Waals surface area contributed by atoms with Crippen molar-refractivity contribution >= 4 is 5.91 Å². The average Bonchev–Trinajstić information content (AvgIpc) is 3.13. The van der Waals surface area contributed by atoms with Crippen LogP contribution in [-0.4, -0.2) is 37.2 Å². The third kappa shape index (κ3) is 2.40. The maximum absolute atomic E-state index is 13.1. The van der Waals surface area contributed by atoms with E-state index in [0.717, 1.165) is 5.56 Å². The van der Waals surface area contributed by atoms with Gasteiger partial charge in [0.25, 0.3) is 0 Å². The second-order valence-electron chi connectivity index (χ2n) is 5.75. The van der Waals surface area contributed by atoms with Crippen molar-refractivity contribution in [3.63, 3.8) is 0 Å². The van der Waals surface area contributed by atoms with E-state index in [9.17, 15) is 4.79 Å². The van der Waals surface area contributed by atoms with Crippen molar-refractivity contribution in [3.05, 3.63) is 23.8 Å². The number of nitrogens with zero attached hydrogens (tertiary/aromatic N) is 1. The first-order valence-corrected chi connectivity index (χ1v) is 7.44. The predicted molar refractivity (Wildman–Crippen MR) is 85.7 cm³/mol. The molecule has 0 aromatic heterocycles. The lowest BCUT2D eigenvalue weighted by molar-refractivity contribution is -0.133.